The Kier molecular flexibility index (Phi) is 4.68. The molecule has 1 aliphatic heterocycles. The molecule has 0 radical (unpaired) electrons. The first-order valence-electron chi connectivity index (χ1n) is 8.55. The Labute approximate surface area is 162 Å². The molecule has 29 heavy (non-hydrogen) atoms. The minimum atomic E-state index is -5.00. The Balaban J connectivity index is 2.48. The highest BCUT2D eigenvalue weighted by atomic mass is 19.4. The third-order valence-electron chi connectivity index (χ3n) is 5.05. The number of aromatic nitrogens is 2. The average molecular weight is 414 g/mol. The average Bonchev–Trinajstić information content (AvgIpc) is 3.06. The zero-order valence-corrected chi connectivity index (χ0v) is 15.6. The molecule has 0 aliphatic carbocycles. The fourth-order valence-corrected chi connectivity index (χ4v) is 3.84. The largest absolute Gasteiger partial charge is 0.416 e. The van der Waals surface area contributed by atoms with Crippen molar-refractivity contribution in [2.75, 3.05) is 5.32 Å². The monoisotopic (exact) mass is 414 g/mol. The van der Waals surface area contributed by atoms with Gasteiger partial charge in [-0.25, -0.2) is 4.98 Å². The van der Waals surface area contributed by atoms with Crippen molar-refractivity contribution in [2.45, 2.75) is 38.7 Å². The Bertz CT molecular complexity index is 990. The molecule has 3 rings (SSSR count). The minimum absolute atomic E-state index is 0.0189. The van der Waals surface area contributed by atoms with Crippen LogP contribution in [-0.4, -0.2) is 9.55 Å². The van der Waals surface area contributed by atoms with Crippen LogP contribution in [0.3, 0.4) is 0 Å². The predicted molar refractivity (Wildman–Crippen MR) is 92.5 cm³/mol. The summed E-state index contributed by atoms with van der Waals surface area (Å²) in [7, 11) is 0. The molecule has 2 aromatic rings. The minimum Gasteiger partial charge on any atom is -0.328 e. The highest BCUT2D eigenvalue weighted by Gasteiger charge is 2.48. The maximum absolute atomic E-state index is 13.4. The van der Waals surface area contributed by atoms with Gasteiger partial charge in [-0.15, -0.1) is 0 Å². The molecule has 0 bridgehead atoms. The molecule has 10 heteroatoms. The van der Waals surface area contributed by atoms with Gasteiger partial charge >= 0.3 is 12.4 Å². The Morgan fingerprint density at radius 3 is 2.07 bits per heavy atom. The second-order valence-corrected chi connectivity index (χ2v) is 7.07. The van der Waals surface area contributed by atoms with Crippen molar-refractivity contribution in [1.82, 2.24) is 9.55 Å². The number of benzene rings is 1. The Morgan fingerprint density at radius 2 is 1.62 bits per heavy atom. The topological polar surface area (TPSA) is 53.6 Å². The van der Waals surface area contributed by atoms with Gasteiger partial charge in [0.15, 0.2) is 0 Å². The Morgan fingerprint density at radius 1 is 1.07 bits per heavy atom. The summed E-state index contributed by atoms with van der Waals surface area (Å²) in [6, 6.07) is 3.41. The lowest BCUT2D eigenvalue weighted by Crippen LogP contribution is -2.45. The van der Waals surface area contributed by atoms with Gasteiger partial charge in [0.05, 0.1) is 22.8 Å². The van der Waals surface area contributed by atoms with E-state index in [9.17, 15) is 31.6 Å². The molecule has 0 spiro atoms. The van der Waals surface area contributed by atoms with Crippen LogP contribution in [-0.2, 0) is 17.9 Å². The number of hydrogen-bond acceptors (Lipinski definition) is 3. The van der Waals surface area contributed by atoms with E-state index in [0.717, 1.165) is 0 Å². The third-order valence-corrected chi connectivity index (χ3v) is 5.05. The van der Waals surface area contributed by atoms with Gasteiger partial charge in [-0.3, -0.25) is 0 Å². The molecule has 0 saturated heterocycles. The summed E-state index contributed by atoms with van der Waals surface area (Å²) in [6.45, 7) is 4.80. The molecule has 0 fully saturated rings. The van der Waals surface area contributed by atoms with Crippen molar-refractivity contribution < 1.29 is 26.3 Å². The number of nitrogens with one attached hydrogen (secondary N) is 1. The molecule has 1 aromatic carbocycles. The number of anilines is 1. The van der Waals surface area contributed by atoms with Crippen LogP contribution in [0.2, 0.25) is 0 Å². The zero-order chi connectivity index (χ0) is 21.8. The summed E-state index contributed by atoms with van der Waals surface area (Å²) in [4.78, 5) is 4.09. The van der Waals surface area contributed by atoms with E-state index in [1.807, 2.05) is 6.07 Å². The van der Waals surface area contributed by atoms with Crippen LogP contribution < -0.4 is 5.32 Å². The van der Waals surface area contributed by atoms with Crippen LogP contribution in [0.25, 0.3) is 0 Å². The highest BCUT2D eigenvalue weighted by molar-refractivity contribution is 5.58. The molecule has 1 unspecified atom stereocenters. The lowest BCUT2D eigenvalue weighted by molar-refractivity contribution is -0.143. The number of imidazole rings is 1. The molecule has 154 valence electrons. The van der Waals surface area contributed by atoms with Crippen molar-refractivity contribution in [3.8, 4) is 6.07 Å². The quantitative estimate of drug-likeness (QED) is 0.657. The van der Waals surface area contributed by atoms with Crippen LogP contribution >= 0.6 is 0 Å². The Hall–Kier alpha value is -2.96. The molecular weight excluding hydrogens is 398 g/mol. The number of alkyl halides is 6. The lowest BCUT2D eigenvalue weighted by Gasteiger charge is -2.44. The molecule has 1 aromatic heterocycles. The molecule has 1 N–H and O–H groups in total. The first-order chi connectivity index (χ1) is 13.3. The summed E-state index contributed by atoms with van der Waals surface area (Å²) in [5.74, 6) is -0.354. The summed E-state index contributed by atoms with van der Waals surface area (Å²) >= 11 is 0. The summed E-state index contributed by atoms with van der Waals surface area (Å²) in [5.41, 5.74) is -4.42. The number of rotatable bonds is 2. The van der Waals surface area contributed by atoms with Crippen molar-refractivity contribution in [3.63, 3.8) is 0 Å². The molecule has 1 aliphatic rings. The van der Waals surface area contributed by atoms with Crippen molar-refractivity contribution in [1.29, 1.82) is 5.26 Å². The van der Waals surface area contributed by atoms with Gasteiger partial charge in [0.25, 0.3) is 0 Å². The van der Waals surface area contributed by atoms with E-state index < -0.39 is 34.9 Å². The summed E-state index contributed by atoms with van der Waals surface area (Å²) in [6.07, 6.45) is -7.19. The van der Waals surface area contributed by atoms with Gasteiger partial charge in [0.1, 0.15) is 5.54 Å². The second kappa shape index (κ2) is 6.54. The standard InChI is InChI=1S/C19H16F6N4/c1-10(2)17(15(9-26)11(3)28-16-27-4-5-29(16)17)12-6-13(18(20,21)22)8-14(7-12)19(23,24)25/h4-8,10H,1-3H3,(H,27,28). The van der Waals surface area contributed by atoms with E-state index in [1.54, 1.807) is 13.8 Å². The van der Waals surface area contributed by atoms with Crippen LogP contribution in [0.15, 0.2) is 41.9 Å². The van der Waals surface area contributed by atoms with Gasteiger partial charge in [0.2, 0.25) is 5.95 Å². The number of nitriles is 1. The van der Waals surface area contributed by atoms with Gasteiger partial charge in [0, 0.05) is 18.1 Å². The van der Waals surface area contributed by atoms with Gasteiger partial charge in [-0.1, -0.05) is 13.8 Å². The van der Waals surface area contributed by atoms with Crippen LogP contribution in [0, 0.1) is 17.2 Å². The van der Waals surface area contributed by atoms with E-state index in [2.05, 4.69) is 10.3 Å². The fraction of sp³-hybridized carbons (Fsp3) is 0.368. The molecule has 0 amide bonds. The highest BCUT2D eigenvalue weighted by Crippen LogP contribution is 2.48. The second-order valence-electron chi connectivity index (χ2n) is 7.07. The van der Waals surface area contributed by atoms with E-state index in [0.29, 0.717) is 17.8 Å². The predicted octanol–water partition coefficient (Wildman–Crippen LogP) is 5.54. The molecule has 2 heterocycles. The molecule has 1 atom stereocenters. The SMILES string of the molecule is CC1=C(C#N)C(c2cc(C(F)(F)F)cc(C(F)(F)F)c2)(C(C)C)n2ccnc2N1. The van der Waals surface area contributed by atoms with Crippen molar-refractivity contribution in [2.24, 2.45) is 5.92 Å². The van der Waals surface area contributed by atoms with E-state index in [4.69, 9.17) is 0 Å². The van der Waals surface area contributed by atoms with Gasteiger partial charge < -0.3 is 9.88 Å². The van der Waals surface area contributed by atoms with E-state index in [1.165, 1.54) is 23.9 Å². The normalized spacial score (nSPS) is 19.8. The van der Waals surface area contributed by atoms with Crippen molar-refractivity contribution >= 4 is 5.95 Å². The number of nitrogens with zero attached hydrogens (tertiary/aromatic N) is 3. The molecular formula is C19H16F6N4. The first kappa shape index (κ1) is 20.8. The fourth-order valence-electron chi connectivity index (χ4n) is 3.84. The van der Waals surface area contributed by atoms with Gasteiger partial charge in [-0.05, 0) is 36.6 Å². The third kappa shape index (κ3) is 3.14. The molecule has 0 saturated carbocycles. The van der Waals surface area contributed by atoms with Crippen LogP contribution in [0.5, 0.6) is 0 Å². The zero-order valence-electron chi connectivity index (χ0n) is 15.6. The molecule has 4 nitrogen and oxygen atoms in total. The van der Waals surface area contributed by atoms with E-state index >= 15 is 0 Å². The van der Waals surface area contributed by atoms with Crippen molar-refractivity contribution in [3.05, 3.63) is 58.6 Å². The van der Waals surface area contributed by atoms with Gasteiger partial charge in [-0.2, -0.15) is 31.6 Å². The smallest absolute Gasteiger partial charge is 0.328 e. The number of halogens is 6. The summed E-state index contributed by atoms with van der Waals surface area (Å²) in [5, 5.41) is 12.7. The number of hydrogen-bond donors (Lipinski definition) is 1. The van der Waals surface area contributed by atoms with Crippen LogP contribution in [0.1, 0.15) is 37.5 Å². The number of allylic oxidation sites excluding steroid dienone is 2. The lowest BCUT2D eigenvalue weighted by atomic mass is 9.72. The summed E-state index contributed by atoms with van der Waals surface area (Å²) < 4.78 is 82.1. The number of fused-ring (bicyclic) bond motifs is 1. The maximum Gasteiger partial charge on any atom is 0.416 e. The maximum atomic E-state index is 13.4. The van der Waals surface area contributed by atoms with E-state index in [-0.39, 0.29) is 23.2 Å². The van der Waals surface area contributed by atoms with Crippen LogP contribution in [0.4, 0.5) is 32.3 Å². The first-order valence-corrected chi connectivity index (χ1v) is 8.55.